The van der Waals surface area contributed by atoms with Gasteiger partial charge in [0.15, 0.2) is 0 Å². The molecule has 0 radical (unpaired) electrons. The maximum absolute atomic E-state index is 12.3. The molecule has 3 N–H and O–H groups in total. The van der Waals surface area contributed by atoms with Crippen LogP contribution in [0.2, 0.25) is 0 Å². The molecule has 3 rings (SSSR count). The Kier molecular flexibility index (Phi) is 9.50. The Morgan fingerprint density at radius 2 is 1.93 bits per heavy atom. The number of amides is 2. The summed E-state index contributed by atoms with van der Waals surface area (Å²) in [6.07, 6.45) is 7.53. The third kappa shape index (κ3) is 7.05. The fourth-order valence-corrected chi connectivity index (χ4v) is 2.47. The Bertz CT molecular complexity index is 682. The summed E-state index contributed by atoms with van der Waals surface area (Å²) in [5, 5.41) is 9.91. The zero-order chi connectivity index (χ0) is 20.2. The van der Waals surface area contributed by atoms with Gasteiger partial charge in [0.05, 0.1) is 11.8 Å². The van der Waals surface area contributed by atoms with Crippen molar-refractivity contribution < 1.29 is 19.1 Å². The summed E-state index contributed by atoms with van der Waals surface area (Å²) in [5.74, 6) is 0.739. The summed E-state index contributed by atoms with van der Waals surface area (Å²) in [4.78, 5) is 26.2. The van der Waals surface area contributed by atoms with Gasteiger partial charge < -0.3 is 25.1 Å². The highest BCUT2D eigenvalue weighted by Crippen LogP contribution is 2.18. The van der Waals surface area contributed by atoms with E-state index in [4.69, 9.17) is 10.2 Å². The zero-order valence-corrected chi connectivity index (χ0v) is 16.2. The quantitative estimate of drug-likeness (QED) is 0.774. The van der Waals surface area contributed by atoms with E-state index in [-0.39, 0.29) is 23.7 Å². The number of aliphatic hydroxyl groups excluding tert-OH is 1. The molecule has 1 saturated heterocycles. The molecule has 2 amide bonds. The van der Waals surface area contributed by atoms with Crippen LogP contribution in [0.25, 0.3) is 0 Å². The number of aliphatic hydroxyl groups is 1. The van der Waals surface area contributed by atoms with E-state index in [9.17, 15) is 14.7 Å². The van der Waals surface area contributed by atoms with Crippen molar-refractivity contribution in [2.24, 2.45) is 5.73 Å². The summed E-state index contributed by atoms with van der Waals surface area (Å²) >= 11 is 0. The number of rotatable bonds is 2. The van der Waals surface area contributed by atoms with Crippen LogP contribution in [0.15, 0.2) is 58.1 Å². The van der Waals surface area contributed by atoms with Gasteiger partial charge in [-0.2, -0.15) is 0 Å². The molecular formula is C20H29N3O4. The second-order valence-corrected chi connectivity index (χ2v) is 5.80. The molecule has 0 bridgehead atoms. The molecule has 0 aromatic carbocycles. The lowest BCUT2D eigenvalue weighted by molar-refractivity contribution is -0.131. The van der Waals surface area contributed by atoms with E-state index >= 15 is 0 Å². The first kappa shape index (κ1) is 22.1. The number of nitrogens with two attached hydrogens (primary N) is 1. The van der Waals surface area contributed by atoms with Crippen LogP contribution in [0.5, 0.6) is 0 Å². The van der Waals surface area contributed by atoms with E-state index in [0.29, 0.717) is 31.9 Å². The predicted molar refractivity (Wildman–Crippen MR) is 105 cm³/mol. The summed E-state index contributed by atoms with van der Waals surface area (Å²) in [5.41, 5.74) is 6.44. The minimum atomic E-state index is -0.220. The van der Waals surface area contributed by atoms with Crippen molar-refractivity contribution in [1.29, 1.82) is 0 Å². The molecule has 0 saturated carbocycles. The predicted octanol–water partition coefficient (Wildman–Crippen LogP) is 2.52. The lowest BCUT2D eigenvalue weighted by Crippen LogP contribution is -2.48. The lowest BCUT2D eigenvalue weighted by Gasteiger charge is -2.32. The molecule has 2 heterocycles. The van der Waals surface area contributed by atoms with Crippen molar-refractivity contribution in [3.05, 3.63) is 59.4 Å². The third-order valence-corrected chi connectivity index (χ3v) is 3.90. The SMILES string of the molecule is CC.Cc1ccco1.NC1=CC=CC(C(=O)N2CCN(C=O)CC2)=C(O)C1. The average molecular weight is 375 g/mol. The monoisotopic (exact) mass is 375 g/mol. The number of carbonyl (C=O) groups is 2. The number of piperazine rings is 1. The Balaban J connectivity index is 0.000000381. The Morgan fingerprint density at radius 3 is 2.41 bits per heavy atom. The van der Waals surface area contributed by atoms with Crippen LogP contribution in [0, 0.1) is 6.92 Å². The maximum atomic E-state index is 12.3. The van der Waals surface area contributed by atoms with E-state index in [1.807, 2.05) is 32.9 Å². The summed E-state index contributed by atoms with van der Waals surface area (Å²) in [6.45, 7) is 7.91. The molecule has 148 valence electrons. The molecule has 2 aliphatic rings. The molecule has 0 spiro atoms. The van der Waals surface area contributed by atoms with E-state index in [1.165, 1.54) is 0 Å². The first-order valence-electron chi connectivity index (χ1n) is 9.05. The second kappa shape index (κ2) is 11.6. The number of carbonyl (C=O) groups excluding carboxylic acids is 2. The standard InChI is InChI=1S/C13H17N3O3.C5H6O.C2H6/c14-10-2-1-3-11(12(18)8-10)13(19)16-6-4-15(9-17)5-7-16;1-5-3-2-4-6-5;1-2/h1-3,9,18H,4-8,14H2;2-4H,1H3;1-2H3. The summed E-state index contributed by atoms with van der Waals surface area (Å²) in [7, 11) is 0. The highest BCUT2D eigenvalue weighted by atomic mass is 16.3. The highest BCUT2D eigenvalue weighted by Gasteiger charge is 2.24. The maximum Gasteiger partial charge on any atom is 0.257 e. The van der Waals surface area contributed by atoms with Crippen molar-refractivity contribution in [2.45, 2.75) is 27.2 Å². The van der Waals surface area contributed by atoms with E-state index in [1.54, 1.807) is 34.3 Å². The molecule has 1 fully saturated rings. The number of hydrogen-bond donors (Lipinski definition) is 2. The fraction of sp³-hybridized carbons (Fsp3) is 0.400. The van der Waals surface area contributed by atoms with Crippen molar-refractivity contribution in [3.8, 4) is 0 Å². The molecule has 0 atom stereocenters. The first-order valence-corrected chi connectivity index (χ1v) is 9.05. The number of aryl methyl sites for hydroxylation is 1. The summed E-state index contributed by atoms with van der Waals surface area (Å²) < 4.78 is 4.83. The van der Waals surface area contributed by atoms with Crippen LogP contribution in [0.1, 0.15) is 26.0 Å². The number of nitrogens with zero attached hydrogens (tertiary/aromatic N) is 2. The number of furan rings is 1. The van der Waals surface area contributed by atoms with Gasteiger partial charge in [0.1, 0.15) is 11.5 Å². The van der Waals surface area contributed by atoms with Gasteiger partial charge in [0.2, 0.25) is 6.41 Å². The van der Waals surface area contributed by atoms with Crippen molar-refractivity contribution in [2.75, 3.05) is 26.2 Å². The molecule has 7 heteroatoms. The van der Waals surface area contributed by atoms with Crippen molar-refractivity contribution >= 4 is 12.3 Å². The Labute approximate surface area is 160 Å². The smallest absolute Gasteiger partial charge is 0.257 e. The van der Waals surface area contributed by atoms with Crippen LogP contribution in [-0.2, 0) is 9.59 Å². The van der Waals surface area contributed by atoms with Gasteiger partial charge in [-0.25, -0.2) is 0 Å². The zero-order valence-electron chi connectivity index (χ0n) is 16.2. The van der Waals surface area contributed by atoms with Crippen LogP contribution < -0.4 is 5.73 Å². The van der Waals surface area contributed by atoms with Gasteiger partial charge in [-0.15, -0.1) is 0 Å². The van der Waals surface area contributed by atoms with Crippen LogP contribution in [0.3, 0.4) is 0 Å². The molecular weight excluding hydrogens is 346 g/mol. The van der Waals surface area contributed by atoms with Gasteiger partial charge in [0.25, 0.3) is 5.91 Å². The van der Waals surface area contributed by atoms with Gasteiger partial charge in [-0.05, 0) is 31.2 Å². The molecule has 1 aromatic rings. The third-order valence-electron chi connectivity index (χ3n) is 3.90. The van der Waals surface area contributed by atoms with Crippen molar-refractivity contribution in [1.82, 2.24) is 9.80 Å². The van der Waals surface area contributed by atoms with Crippen molar-refractivity contribution in [3.63, 3.8) is 0 Å². The van der Waals surface area contributed by atoms with Crippen LogP contribution >= 0.6 is 0 Å². The van der Waals surface area contributed by atoms with E-state index < -0.39 is 0 Å². The molecule has 1 aliphatic carbocycles. The molecule has 27 heavy (non-hydrogen) atoms. The number of hydrogen-bond acceptors (Lipinski definition) is 5. The average Bonchev–Trinajstić information content (AvgIpc) is 3.10. The van der Waals surface area contributed by atoms with Gasteiger partial charge in [0, 0.05) is 38.3 Å². The Morgan fingerprint density at radius 1 is 1.26 bits per heavy atom. The first-order chi connectivity index (χ1) is 13.0. The minimum Gasteiger partial charge on any atom is -0.511 e. The van der Waals surface area contributed by atoms with Gasteiger partial charge in [-0.1, -0.05) is 19.9 Å². The van der Waals surface area contributed by atoms with Gasteiger partial charge in [-0.3, -0.25) is 9.59 Å². The van der Waals surface area contributed by atoms with Gasteiger partial charge >= 0.3 is 0 Å². The largest absolute Gasteiger partial charge is 0.511 e. The minimum absolute atomic E-state index is 0.00897. The topological polar surface area (TPSA) is 100 Å². The second-order valence-electron chi connectivity index (χ2n) is 5.80. The molecule has 1 aromatic heterocycles. The summed E-state index contributed by atoms with van der Waals surface area (Å²) in [6, 6.07) is 3.79. The fourth-order valence-electron chi connectivity index (χ4n) is 2.47. The Hall–Kier alpha value is -2.96. The van der Waals surface area contributed by atoms with Crippen LogP contribution in [0.4, 0.5) is 0 Å². The molecule has 0 unspecified atom stereocenters. The molecule has 1 aliphatic heterocycles. The normalized spacial score (nSPS) is 16.3. The lowest BCUT2D eigenvalue weighted by atomic mass is 10.1. The highest BCUT2D eigenvalue weighted by molar-refractivity contribution is 5.97. The number of allylic oxidation sites excluding steroid dienone is 2. The van der Waals surface area contributed by atoms with E-state index in [0.717, 1.165) is 12.2 Å². The van der Waals surface area contributed by atoms with E-state index in [2.05, 4.69) is 0 Å². The van der Waals surface area contributed by atoms with Crippen LogP contribution in [-0.4, -0.2) is 53.4 Å². The molecule has 7 nitrogen and oxygen atoms in total.